The van der Waals surface area contributed by atoms with Crippen LogP contribution in [0, 0.1) is 0 Å². The zero-order chi connectivity index (χ0) is 16.4. The molecule has 0 aromatic heterocycles. The van der Waals surface area contributed by atoms with E-state index in [1.807, 2.05) is 36.4 Å². The third-order valence-corrected chi connectivity index (χ3v) is 3.79. The molecule has 0 heterocycles. The summed E-state index contributed by atoms with van der Waals surface area (Å²) < 4.78 is 0. The van der Waals surface area contributed by atoms with Gasteiger partial charge in [-0.05, 0) is 52.0 Å². The van der Waals surface area contributed by atoms with Crippen LogP contribution in [0.25, 0.3) is 23.3 Å². The number of aliphatic carboxylic acids is 2. The maximum Gasteiger partial charge on any atom is 0.328 e. The van der Waals surface area contributed by atoms with Crippen molar-refractivity contribution in [1.29, 1.82) is 0 Å². The molecule has 0 saturated carbocycles. The monoisotopic (exact) mass is 306 g/mol. The van der Waals surface area contributed by atoms with Crippen LogP contribution in [0.3, 0.4) is 0 Å². The highest BCUT2D eigenvalue weighted by Gasteiger charge is 2.20. The molecule has 0 unspecified atom stereocenters. The number of carboxylic acids is 2. The Kier molecular flexibility index (Phi) is 3.81. The summed E-state index contributed by atoms with van der Waals surface area (Å²) in [6.07, 6.45) is 6.18. The predicted molar refractivity (Wildman–Crippen MR) is 88.0 cm³/mol. The molecule has 0 radical (unpaired) electrons. The highest BCUT2D eigenvalue weighted by molar-refractivity contribution is 5.91. The average molecular weight is 306 g/mol. The zero-order valence-electron chi connectivity index (χ0n) is 12.2. The van der Waals surface area contributed by atoms with Crippen molar-refractivity contribution in [3.05, 3.63) is 70.8 Å². The van der Waals surface area contributed by atoms with E-state index in [-0.39, 0.29) is 0 Å². The Morgan fingerprint density at radius 3 is 2.39 bits per heavy atom. The van der Waals surface area contributed by atoms with Gasteiger partial charge in [0, 0.05) is 12.2 Å². The summed E-state index contributed by atoms with van der Waals surface area (Å²) >= 11 is 0. The number of hydrogen-bond donors (Lipinski definition) is 2. The summed E-state index contributed by atoms with van der Waals surface area (Å²) in [6.45, 7) is 0. The smallest absolute Gasteiger partial charge is 0.328 e. The molecule has 0 atom stereocenters. The topological polar surface area (TPSA) is 74.6 Å². The molecule has 0 amide bonds. The van der Waals surface area contributed by atoms with E-state index in [9.17, 15) is 9.59 Å². The molecule has 0 saturated heterocycles. The van der Waals surface area contributed by atoms with Crippen molar-refractivity contribution in [3.8, 4) is 11.1 Å². The Bertz CT molecular complexity index is 860. The standard InChI is InChI=1S/C19H14O4/c20-17(21)8-5-12-4-7-16-15(10-12)11-14-3-1-2-13(19(14)16)6-9-18(22)23/h1-10H,11H2,(H,20,21)(H,22,23). The Labute approximate surface area is 133 Å². The first-order valence-corrected chi connectivity index (χ1v) is 7.12. The number of hydrogen-bond acceptors (Lipinski definition) is 2. The van der Waals surface area contributed by atoms with Crippen LogP contribution in [0.15, 0.2) is 48.6 Å². The van der Waals surface area contributed by atoms with Crippen molar-refractivity contribution < 1.29 is 19.8 Å². The lowest BCUT2D eigenvalue weighted by Crippen LogP contribution is -1.88. The molecule has 2 N–H and O–H groups in total. The summed E-state index contributed by atoms with van der Waals surface area (Å²) in [7, 11) is 0. The highest BCUT2D eigenvalue weighted by atomic mass is 16.4. The van der Waals surface area contributed by atoms with Gasteiger partial charge in [0.25, 0.3) is 0 Å². The van der Waals surface area contributed by atoms with E-state index in [0.717, 1.165) is 52.0 Å². The molecule has 0 aliphatic heterocycles. The maximum absolute atomic E-state index is 10.7. The molecule has 1 aliphatic rings. The molecule has 114 valence electrons. The number of carboxylic acid groups (broad SMARTS) is 2. The van der Waals surface area contributed by atoms with Crippen LogP contribution in [0.2, 0.25) is 0 Å². The molecule has 0 bridgehead atoms. The van der Waals surface area contributed by atoms with E-state index in [2.05, 4.69) is 0 Å². The SMILES string of the molecule is O=C(O)C=Cc1ccc2c(c1)Cc1cccc(C=CC(=O)O)c1-2. The molecule has 0 spiro atoms. The van der Waals surface area contributed by atoms with E-state index >= 15 is 0 Å². The minimum absolute atomic E-state index is 0.758. The fraction of sp³-hybridized carbons (Fsp3) is 0.0526. The Hall–Kier alpha value is -3.14. The van der Waals surface area contributed by atoms with E-state index in [1.54, 1.807) is 12.2 Å². The minimum Gasteiger partial charge on any atom is -0.478 e. The van der Waals surface area contributed by atoms with Gasteiger partial charge in [-0.15, -0.1) is 0 Å². The maximum atomic E-state index is 10.7. The molecule has 2 aromatic rings. The number of carbonyl (C=O) groups is 2. The molecule has 2 aromatic carbocycles. The third kappa shape index (κ3) is 3.06. The second kappa shape index (κ2) is 5.93. The third-order valence-electron chi connectivity index (χ3n) is 3.79. The van der Waals surface area contributed by atoms with Crippen molar-refractivity contribution in [2.75, 3.05) is 0 Å². The van der Waals surface area contributed by atoms with Gasteiger partial charge in [0.1, 0.15) is 0 Å². The lowest BCUT2D eigenvalue weighted by molar-refractivity contribution is -0.132. The average Bonchev–Trinajstić information content (AvgIpc) is 2.88. The van der Waals surface area contributed by atoms with Crippen molar-refractivity contribution in [1.82, 2.24) is 0 Å². The molecule has 4 heteroatoms. The summed E-state index contributed by atoms with van der Waals surface area (Å²) in [4.78, 5) is 21.4. The van der Waals surface area contributed by atoms with Crippen LogP contribution in [-0.2, 0) is 16.0 Å². The fourth-order valence-electron chi connectivity index (χ4n) is 2.88. The Balaban J connectivity index is 2.03. The quantitative estimate of drug-likeness (QED) is 0.724. The van der Waals surface area contributed by atoms with Gasteiger partial charge in [-0.1, -0.05) is 36.4 Å². The van der Waals surface area contributed by atoms with Gasteiger partial charge in [-0.25, -0.2) is 9.59 Å². The second-order valence-corrected chi connectivity index (χ2v) is 5.32. The first-order valence-electron chi connectivity index (χ1n) is 7.12. The summed E-state index contributed by atoms with van der Waals surface area (Å²) in [6, 6.07) is 11.6. The van der Waals surface area contributed by atoms with E-state index in [1.165, 1.54) is 0 Å². The number of rotatable bonds is 4. The summed E-state index contributed by atoms with van der Waals surface area (Å²) in [5.41, 5.74) is 6.08. The molecule has 23 heavy (non-hydrogen) atoms. The zero-order valence-corrected chi connectivity index (χ0v) is 12.2. The molecule has 1 aliphatic carbocycles. The molecule has 3 rings (SSSR count). The Morgan fingerprint density at radius 1 is 0.913 bits per heavy atom. The van der Waals surface area contributed by atoms with E-state index in [4.69, 9.17) is 10.2 Å². The first kappa shape index (κ1) is 14.8. The van der Waals surface area contributed by atoms with Crippen LogP contribution in [0.5, 0.6) is 0 Å². The fourth-order valence-corrected chi connectivity index (χ4v) is 2.88. The second-order valence-electron chi connectivity index (χ2n) is 5.32. The van der Waals surface area contributed by atoms with Crippen LogP contribution >= 0.6 is 0 Å². The molecular weight excluding hydrogens is 292 g/mol. The minimum atomic E-state index is -0.977. The van der Waals surface area contributed by atoms with E-state index < -0.39 is 11.9 Å². The molecule has 4 nitrogen and oxygen atoms in total. The lowest BCUT2D eigenvalue weighted by atomic mass is 9.98. The molecular formula is C19H14O4. The van der Waals surface area contributed by atoms with Crippen LogP contribution < -0.4 is 0 Å². The van der Waals surface area contributed by atoms with Crippen molar-refractivity contribution in [3.63, 3.8) is 0 Å². The van der Waals surface area contributed by atoms with Gasteiger partial charge in [0.05, 0.1) is 0 Å². The largest absolute Gasteiger partial charge is 0.478 e. The van der Waals surface area contributed by atoms with Gasteiger partial charge in [0.2, 0.25) is 0 Å². The van der Waals surface area contributed by atoms with Gasteiger partial charge < -0.3 is 10.2 Å². The highest BCUT2D eigenvalue weighted by Crippen LogP contribution is 2.39. The van der Waals surface area contributed by atoms with Crippen LogP contribution in [0.1, 0.15) is 22.3 Å². The Morgan fingerprint density at radius 2 is 1.65 bits per heavy atom. The first-order chi connectivity index (χ1) is 11.0. The van der Waals surface area contributed by atoms with Gasteiger partial charge >= 0.3 is 11.9 Å². The van der Waals surface area contributed by atoms with Crippen LogP contribution in [-0.4, -0.2) is 22.2 Å². The lowest BCUT2D eigenvalue weighted by Gasteiger charge is -2.06. The van der Waals surface area contributed by atoms with Crippen molar-refractivity contribution >= 4 is 24.1 Å². The normalized spacial score (nSPS) is 12.5. The van der Waals surface area contributed by atoms with Crippen molar-refractivity contribution in [2.24, 2.45) is 0 Å². The van der Waals surface area contributed by atoms with Gasteiger partial charge in [-0.2, -0.15) is 0 Å². The summed E-state index contributed by atoms with van der Waals surface area (Å²) in [5, 5.41) is 17.5. The van der Waals surface area contributed by atoms with Crippen molar-refractivity contribution in [2.45, 2.75) is 6.42 Å². The van der Waals surface area contributed by atoms with Crippen LogP contribution in [0.4, 0.5) is 0 Å². The predicted octanol–water partition coefficient (Wildman–Crippen LogP) is 3.45. The van der Waals surface area contributed by atoms with Gasteiger partial charge in [0.15, 0.2) is 0 Å². The number of fused-ring (bicyclic) bond motifs is 3. The number of benzene rings is 2. The summed E-state index contributed by atoms with van der Waals surface area (Å²) in [5.74, 6) is -1.95. The van der Waals surface area contributed by atoms with E-state index in [0.29, 0.717) is 0 Å². The molecule has 0 fully saturated rings. The van der Waals surface area contributed by atoms with Gasteiger partial charge in [-0.3, -0.25) is 0 Å².